The summed E-state index contributed by atoms with van der Waals surface area (Å²) in [6.45, 7) is 4.05. The van der Waals surface area contributed by atoms with E-state index in [1.165, 1.54) is 12.8 Å². The van der Waals surface area contributed by atoms with Gasteiger partial charge in [-0.2, -0.15) is 0 Å². The molecule has 0 aromatic heterocycles. The highest BCUT2D eigenvalue weighted by Gasteiger charge is 2.22. The molecule has 0 bridgehead atoms. The number of nitrogens with two attached hydrogens (primary N) is 1. The van der Waals surface area contributed by atoms with Crippen LogP contribution < -0.4 is 15.2 Å². The summed E-state index contributed by atoms with van der Waals surface area (Å²) in [5, 5.41) is 0. The molecule has 2 heterocycles. The van der Waals surface area contributed by atoms with Crippen molar-refractivity contribution >= 4 is 11.6 Å². The Balaban J connectivity index is 1.66. The Morgan fingerprint density at radius 2 is 1.95 bits per heavy atom. The number of fused-ring (bicyclic) bond motifs is 1. The zero-order valence-corrected chi connectivity index (χ0v) is 12.3. The Kier molecular flexibility index (Phi) is 3.88. The molecule has 21 heavy (non-hydrogen) atoms. The third kappa shape index (κ3) is 2.90. The summed E-state index contributed by atoms with van der Waals surface area (Å²) in [6.07, 6.45) is 2.51. The molecular formula is C15H21N3O3. The van der Waals surface area contributed by atoms with E-state index in [2.05, 4.69) is 4.90 Å². The summed E-state index contributed by atoms with van der Waals surface area (Å²) in [5.41, 5.74) is 6.86. The Hall–Kier alpha value is -1.95. The van der Waals surface area contributed by atoms with E-state index >= 15 is 0 Å². The highest BCUT2D eigenvalue weighted by Crippen LogP contribution is 2.36. The number of anilines is 1. The first-order chi connectivity index (χ1) is 10.1. The molecule has 1 fully saturated rings. The first-order valence-electron chi connectivity index (χ1n) is 7.32. The average Bonchev–Trinajstić information content (AvgIpc) is 3.13. The third-order valence-electron chi connectivity index (χ3n) is 4.07. The van der Waals surface area contributed by atoms with Crippen molar-refractivity contribution in [3.8, 4) is 11.5 Å². The molecule has 0 unspecified atom stereocenters. The van der Waals surface area contributed by atoms with Crippen molar-refractivity contribution in [3.63, 3.8) is 0 Å². The number of hydrogen-bond acceptors (Lipinski definition) is 5. The van der Waals surface area contributed by atoms with Gasteiger partial charge in [0.05, 0.1) is 5.56 Å². The number of likely N-dealkylation sites (N-methyl/N-ethyl adjacent to an activating group) is 1. The minimum atomic E-state index is -0.0787. The van der Waals surface area contributed by atoms with Crippen LogP contribution >= 0.6 is 0 Å². The monoisotopic (exact) mass is 291 g/mol. The van der Waals surface area contributed by atoms with Gasteiger partial charge < -0.3 is 25.0 Å². The molecule has 1 aromatic rings. The lowest BCUT2D eigenvalue weighted by atomic mass is 10.1. The maximum atomic E-state index is 12.5. The molecular weight excluding hydrogens is 270 g/mol. The summed E-state index contributed by atoms with van der Waals surface area (Å²) < 4.78 is 10.6. The van der Waals surface area contributed by atoms with Crippen molar-refractivity contribution in [1.82, 2.24) is 9.80 Å². The van der Waals surface area contributed by atoms with Crippen LogP contribution in [0.3, 0.4) is 0 Å². The molecule has 2 aliphatic rings. The van der Waals surface area contributed by atoms with Crippen molar-refractivity contribution < 1.29 is 14.3 Å². The second-order valence-electron chi connectivity index (χ2n) is 5.57. The van der Waals surface area contributed by atoms with Crippen molar-refractivity contribution in [1.29, 1.82) is 0 Å². The quantitative estimate of drug-likeness (QED) is 0.843. The van der Waals surface area contributed by atoms with E-state index in [1.54, 1.807) is 17.0 Å². The molecule has 1 aromatic carbocycles. The summed E-state index contributed by atoms with van der Waals surface area (Å²) >= 11 is 0. The van der Waals surface area contributed by atoms with E-state index in [0.717, 1.165) is 19.6 Å². The molecule has 6 nitrogen and oxygen atoms in total. The lowest BCUT2D eigenvalue weighted by molar-refractivity contribution is 0.0783. The largest absolute Gasteiger partial charge is 0.454 e. The summed E-state index contributed by atoms with van der Waals surface area (Å²) in [5.74, 6) is 1.11. The third-order valence-corrected chi connectivity index (χ3v) is 4.07. The van der Waals surface area contributed by atoms with Crippen molar-refractivity contribution in [2.45, 2.75) is 12.8 Å². The molecule has 2 aliphatic heterocycles. The van der Waals surface area contributed by atoms with Gasteiger partial charge in [-0.05, 0) is 32.0 Å². The fraction of sp³-hybridized carbons (Fsp3) is 0.533. The van der Waals surface area contributed by atoms with Crippen LogP contribution in [0.4, 0.5) is 5.69 Å². The van der Waals surface area contributed by atoms with E-state index in [0.29, 0.717) is 29.3 Å². The molecule has 0 atom stereocenters. The normalized spacial score (nSPS) is 17.2. The zero-order chi connectivity index (χ0) is 14.8. The minimum absolute atomic E-state index is 0.0787. The zero-order valence-electron chi connectivity index (χ0n) is 12.3. The second-order valence-corrected chi connectivity index (χ2v) is 5.57. The van der Waals surface area contributed by atoms with E-state index in [1.807, 2.05) is 7.05 Å². The number of benzene rings is 1. The van der Waals surface area contributed by atoms with E-state index in [4.69, 9.17) is 15.2 Å². The van der Waals surface area contributed by atoms with E-state index in [9.17, 15) is 4.79 Å². The molecule has 2 N–H and O–H groups in total. The van der Waals surface area contributed by atoms with Gasteiger partial charge in [-0.25, -0.2) is 0 Å². The number of likely N-dealkylation sites (tertiary alicyclic amines) is 1. The Morgan fingerprint density at radius 1 is 1.29 bits per heavy atom. The van der Waals surface area contributed by atoms with Gasteiger partial charge in [-0.15, -0.1) is 0 Å². The number of carbonyl (C=O) groups is 1. The standard InChI is InChI=1S/C15H21N3O3/c1-17(6-7-18-4-2-3-5-18)15(19)11-8-13-14(9-12(11)16)21-10-20-13/h8-9H,2-7,10,16H2,1H3. The number of carbonyl (C=O) groups excluding carboxylic acids is 1. The highest BCUT2D eigenvalue weighted by molar-refractivity contribution is 6.00. The van der Waals surface area contributed by atoms with Crippen LogP contribution in [-0.4, -0.2) is 55.7 Å². The van der Waals surface area contributed by atoms with Crippen molar-refractivity contribution in [2.24, 2.45) is 0 Å². The molecule has 0 radical (unpaired) electrons. The molecule has 114 valence electrons. The van der Waals surface area contributed by atoms with Crippen LogP contribution in [0.1, 0.15) is 23.2 Å². The predicted molar refractivity (Wildman–Crippen MR) is 79.6 cm³/mol. The smallest absolute Gasteiger partial charge is 0.255 e. The SMILES string of the molecule is CN(CCN1CCCC1)C(=O)c1cc2c(cc1N)OCO2. The van der Waals surface area contributed by atoms with Gasteiger partial charge in [0.15, 0.2) is 11.5 Å². The molecule has 6 heteroatoms. The molecule has 0 spiro atoms. The number of rotatable bonds is 4. The van der Waals surface area contributed by atoms with Crippen LogP contribution in [0.25, 0.3) is 0 Å². The van der Waals surface area contributed by atoms with Crippen LogP contribution in [0.5, 0.6) is 11.5 Å². The number of ether oxygens (including phenoxy) is 2. The Morgan fingerprint density at radius 3 is 2.67 bits per heavy atom. The molecule has 0 aliphatic carbocycles. The van der Waals surface area contributed by atoms with Gasteiger partial charge in [0.1, 0.15) is 0 Å². The van der Waals surface area contributed by atoms with Gasteiger partial charge in [0.2, 0.25) is 6.79 Å². The van der Waals surface area contributed by atoms with Crippen molar-refractivity contribution in [3.05, 3.63) is 17.7 Å². The summed E-state index contributed by atoms with van der Waals surface area (Å²) in [7, 11) is 1.81. The Bertz CT molecular complexity index is 541. The Labute approximate surface area is 124 Å². The van der Waals surface area contributed by atoms with Gasteiger partial charge in [0.25, 0.3) is 5.91 Å². The highest BCUT2D eigenvalue weighted by atomic mass is 16.7. The molecule has 1 saturated heterocycles. The number of nitrogen functional groups attached to an aromatic ring is 1. The number of nitrogens with zero attached hydrogens (tertiary/aromatic N) is 2. The topological polar surface area (TPSA) is 68.0 Å². The van der Waals surface area contributed by atoms with Crippen LogP contribution in [0.2, 0.25) is 0 Å². The fourth-order valence-electron chi connectivity index (χ4n) is 2.75. The van der Waals surface area contributed by atoms with Crippen LogP contribution in [-0.2, 0) is 0 Å². The van der Waals surface area contributed by atoms with E-state index in [-0.39, 0.29) is 12.7 Å². The maximum Gasteiger partial charge on any atom is 0.255 e. The molecule has 3 rings (SSSR count). The lowest BCUT2D eigenvalue weighted by Gasteiger charge is -2.22. The van der Waals surface area contributed by atoms with Gasteiger partial charge >= 0.3 is 0 Å². The van der Waals surface area contributed by atoms with Gasteiger partial charge in [0, 0.05) is 31.9 Å². The minimum Gasteiger partial charge on any atom is -0.454 e. The summed E-state index contributed by atoms with van der Waals surface area (Å²) in [6, 6.07) is 3.33. The van der Waals surface area contributed by atoms with E-state index < -0.39 is 0 Å². The maximum absolute atomic E-state index is 12.5. The fourth-order valence-corrected chi connectivity index (χ4v) is 2.75. The lowest BCUT2D eigenvalue weighted by Crippen LogP contribution is -2.35. The molecule has 1 amide bonds. The number of hydrogen-bond donors (Lipinski definition) is 1. The van der Waals surface area contributed by atoms with Gasteiger partial charge in [-0.1, -0.05) is 0 Å². The summed E-state index contributed by atoms with van der Waals surface area (Å²) in [4.78, 5) is 16.6. The average molecular weight is 291 g/mol. The van der Waals surface area contributed by atoms with Gasteiger partial charge in [-0.3, -0.25) is 4.79 Å². The first-order valence-corrected chi connectivity index (χ1v) is 7.32. The van der Waals surface area contributed by atoms with Crippen LogP contribution in [0, 0.1) is 0 Å². The van der Waals surface area contributed by atoms with Crippen molar-refractivity contribution in [2.75, 3.05) is 45.8 Å². The molecule has 0 saturated carbocycles. The van der Waals surface area contributed by atoms with Crippen LogP contribution in [0.15, 0.2) is 12.1 Å². The first kappa shape index (κ1) is 14.0. The second kappa shape index (κ2) is 5.81. The predicted octanol–water partition coefficient (Wildman–Crippen LogP) is 1.17. The number of amides is 1.